The van der Waals surface area contributed by atoms with Gasteiger partial charge in [0.05, 0.1) is 19.1 Å². The molecule has 0 saturated carbocycles. The van der Waals surface area contributed by atoms with Crippen molar-refractivity contribution in [2.24, 2.45) is 0 Å². The third kappa shape index (κ3) is 7.19. The normalized spacial score (nSPS) is 13.5. The van der Waals surface area contributed by atoms with Gasteiger partial charge in [0.2, 0.25) is 0 Å². The highest BCUT2D eigenvalue weighted by Gasteiger charge is 2.31. The number of hydrogen-bond acceptors (Lipinski definition) is 3. The van der Waals surface area contributed by atoms with Gasteiger partial charge >= 0.3 is 12.1 Å². The van der Waals surface area contributed by atoms with E-state index in [1.165, 1.54) is 19.2 Å². The lowest BCUT2D eigenvalue weighted by molar-refractivity contribution is -0.142. The molecule has 0 aromatic heterocycles. The third-order valence-corrected chi connectivity index (χ3v) is 6.11. The van der Waals surface area contributed by atoms with Gasteiger partial charge in [0.15, 0.2) is 0 Å². The van der Waals surface area contributed by atoms with Crippen molar-refractivity contribution < 1.29 is 22.7 Å². The third-order valence-electron chi connectivity index (χ3n) is 6.11. The summed E-state index contributed by atoms with van der Waals surface area (Å²) in [5.74, 6) is -0.340. The first kappa shape index (κ1) is 25.5. The topological polar surface area (TPSA) is 29.5 Å². The quantitative estimate of drug-likeness (QED) is 0.305. The molecule has 34 heavy (non-hydrogen) atoms. The van der Waals surface area contributed by atoms with Crippen molar-refractivity contribution in [3.8, 4) is 0 Å². The van der Waals surface area contributed by atoms with Gasteiger partial charge in [0.25, 0.3) is 0 Å². The molecule has 3 aromatic rings. The number of carbonyl (C=O) groups is 1. The molecular formula is C28H30F3NO2. The van der Waals surface area contributed by atoms with Crippen LogP contribution in [0.4, 0.5) is 13.2 Å². The van der Waals surface area contributed by atoms with Crippen LogP contribution in [0, 0.1) is 0 Å². The first-order valence-corrected chi connectivity index (χ1v) is 11.4. The largest absolute Gasteiger partial charge is 0.469 e. The molecule has 0 saturated heterocycles. The molecular weight excluding hydrogens is 439 g/mol. The second-order valence-electron chi connectivity index (χ2n) is 8.42. The Morgan fingerprint density at radius 2 is 1.53 bits per heavy atom. The Morgan fingerprint density at radius 1 is 0.912 bits per heavy atom. The van der Waals surface area contributed by atoms with E-state index in [9.17, 15) is 18.0 Å². The van der Waals surface area contributed by atoms with Gasteiger partial charge < -0.3 is 4.74 Å². The summed E-state index contributed by atoms with van der Waals surface area (Å²) in [5.41, 5.74) is 2.14. The fourth-order valence-corrected chi connectivity index (χ4v) is 4.20. The lowest BCUT2D eigenvalue weighted by Gasteiger charge is -2.37. The van der Waals surface area contributed by atoms with Gasteiger partial charge in [-0.05, 0) is 42.5 Å². The van der Waals surface area contributed by atoms with Crippen molar-refractivity contribution in [1.29, 1.82) is 0 Å². The van der Waals surface area contributed by atoms with Crippen LogP contribution in [-0.2, 0) is 28.7 Å². The summed E-state index contributed by atoms with van der Waals surface area (Å²) >= 11 is 0. The molecule has 3 aromatic carbocycles. The molecule has 0 unspecified atom stereocenters. The van der Waals surface area contributed by atoms with Gasteiger partial charge in [0, 0.05) is 18.6 Å². The Bertz CT molecular complexity index is 1040. The maximum absolute atomic E-state index is 13.2. The molecule has 3 nitrogen and oxygen atoms in total. The van der Waals surface area contributed by atoms with Crippen LogP contribution in [-0.4, -0.2) is 24.0 Å². The molecule has 2 atom stereocenters. The van der Waals surface area contributed by atoms with E-state index in [1.807, 2.05) is 60.7 Å². The van der Waals surface area contributed by atoms with Gasteiger partial charge in [-0.15, -0.1) is 0 Å². The van der Waals surface area contributed by atoms with Crippen molar-refractivity contribution in [3.63, 3.8) is 0 Å². The number of halogens is 3. The molecule has 0 spiro atoms. The summed E-state index contributed by atoms with van der Waals surface area (Å²) in [6.45, 7) is 2.69. The van der Waals surface area contributed by atoms with Gasteiger partial charge in [-0.3, -0.25) is 9.69 Å². The van der Waals surface area contributed by atoms with E-state index in [2.05, 4.69) is 11.8 Å². The molecule has 0 fully saturated rings. The fraction of sp³-hybridized carbons (Fsp3) is 0.321. The molecule has 0 N–H and O–H groups in total. The second kappa shape index (κ2) is 11.8. The van der Waals surface area contributed by atoms with Crippen LogP contribution >= 0.6 is 0 Å². The molecule has 0 amide bonds. The zero-order chi connectivity index (χ0) is 24.6. The Morgan fingerprint density at radius 3 is 2.15 bits per heavy atom. The SMILES string of the molecule is COC(=O)C[C@@H](CCc1cccc(C(F)(F)F)c1)N(Cc1ccccc1)[C@H](C)c1ccccc1. The molecule has 0 aliphatic heterocycles. The number of esters is 1. The van der Waals surface area contributed by atoms with E-state index < -0.39 is 11.7 Å². The first-order valence-electron chi connectivity index (χ1n) is 11.4. The van der Waals surface area contributed by atoms with Crippen LogP contribution in [0.3, 0.4) is 0 Å². The number of carbonyl (C=O) groups excluding carboxylic acids is 1. The average Bonchev–Trinajstić information content (AvgIpc) is 2.85. The van der Waals surface area contributed by atoms with Crippen LogP contribution < -0.4 is 0 Å². The van der Waals surface area contributed by atoms with E-state index in [0.29, 0.717) is 24.9 Å². The minimum Gasteiger partial charge on any atom is -0.469 e. The van der Waals surface area contributed by atoms with E-state index in [-0.39, 0.29) is 24.5 Å². The van der Waals surface area contributed by atoms with Crippen LogP contribution in [0.5, 0.6) is 0 Å². The lowest BCUT2D eigenvalue weighted by Crippen LogP contribution is -2.39. The Balaban J connectivity index is 1.90. The maximum atomic E-state index is 13.2. The van der Waals surface area contributed by atoms with Gasteiger partial charge in [0.1, 0.15) is 0 Å². The first-order chi connectivity index (χ1) is 16.3. The smallest absolute Gasteiger partial charge is 0.416 e. The number of benzene rings is 3. The van der Waals surface area contributed by atoms with E-state index >= 15 is 0 Å². The molecule has 3 rings (SSSR count). The van der Waals surface area contributed by atoms with E-state index in [4.69, 9.17) is 4.74 Å². The fourth-order valence-electron chi connectivity index (χ4n) is 4.20. The van der Waals surface area contributed by atoms with Crippen LogP contribution in [0.2, 0.25) is 0 Å². The zero-order valence-corrected chi connectivity index (χ0v) is 19.5. The van der Waals surface area contributed by atoms with Crippen molar-refractivity contribution >= 4 is 5.97 Å². The van der Waals surface area contributed by atoms with Crippen LogP contribution in [0.25, 0.3) is 0 Å². The number of methoxy groups -OCH3 is 1. The highest BCUT2D eigenvalue weighted by Crippen LogP contribution is 2.31. The van der Waals surface area contributed by atoms with Gasteiger partial charge in [-0.1, -0.05) is 78.9 Å². The number of aryl methyl sites for hydroxylation is 1. The lowest BCUT2D eigenvalue weighted by atomic mass is 9.96. The van der Waals surface area contributed by atoms with Crippen molar-refractivity contribution in [3.05, 3.63) is 107 Å². The summed E-state index contributed by atoms with van der Waals surface area (Å²) in [4.78, 5) is 14.6. The van der Waals surface area contributed by atoms with Gasteiger partial charge in [-0.2, -0.15) is 13.2 Å². The monoisotopic (exact) mass is 469 g/mol. The van der Waals surface area contributed by atoms with E-state index in [1.54, 1.807) is 6.07 Å². The summed E-state index contributed by atoms with van der Waals surface area (Å²) in [7, 11) is 1.36. The summed E-state index contributed by atoms with van der Waals surface area (Å²) in [6, 6.07) is 25.1. The van der Waals surface area contributed by atoms with Crippen LogP contribution in [0.1, 0.15) is 48.1 Å². The Labute approximate surface area is 199 Å². The zero-order valence-electron chi connectivity index (χ0n) is 19.5. The predicted octanol–water partition coefficient (Wildman–Crippen LogP) is 6.83. The summed E-state index contributed by atoms with van der Waals surface area (Å²) < 4.78 is 44.5. The molecule has 0 aliphatic rings. The second-order valence-corrected chi connectivity index (χ2v) is 8.42. The number of hydrogen-bond donors (Lipinski definition) is 0. The number of rotatable bonds is 10. The van der Waals surface area contributed by atoms with Crippen molar-refractivity contribution in [1.82, 2.24) is 4.90 Å². The molecule has 0 bridgehead atoms. The molecule has 0 heterocycles. The summed E-state index contributed by atoms with van der Waals surface area (Å²) in [6.07, 6.45) is -3.30. The average molecular weight is 470 g/mol. The highest BCUT2D eigenvalue weighted by molar-refractivity contribution is 5.69. The Kier molecular flexibility index (Phi) is 8.88. The van der Waals surface area contributed by atoms with Crippen molar-refractivity contribution in [2.45, 2.75) is 51.0 Å². The minimum absolute atomic E-state index is 0.0161. The molecule has 0 radical (unpaired) electrons. The van der Waals surface area contributed by atoms with Gasteiger partial charge in [-0.25, -0.2) is 0 Å². The Hall–Kier alpha value is -3.12. The van der Waals surface area contributed by atoms with Crippen molar-refractivity contribution in [2.75, 3.05) is 7.11 Å². The number of alkyl halides is 3. The minimum atomic E-state index is -4.39. The molecule has 0 aliphatic carbocycles. The summed E-state index contributed by atoms with van der Waals surface area (Å²) in [5, 5.41) is 0. The number of nitrogens with zero attached hydrogens (tertiary/aromatic N) is 1. The highest BCUT2D eigenvalue weighted by atomic mass is 19.4. The molecule has 6 heteroatoms. The van der Waals surface area contributed by atoms with Crippen LogP contribution in [0.15, 0.2) is 84.9 Å². The maximum Gasteiger partial charge on any atom is 0.416 e. The van der Waals surface area contributed by atoms with E-state index in [0.717, 1.165) is 17.2 Å². The standard InChI is InChI=1S/C28H30F3NO2/c1-21(24-13-7-4-8-14-24)32(20-23-10-5-3-6-11-23)26(19-27(33)34-2)17-16-22-12-9-15-25(18-22)28(29,30)31/h3-15,18,21,26H,16-17,19-20H2,1-2H3/t21-,26-/m1/s1. The molecule has 180 valence electrons. The predicted molar refractivity (Wildman–Crippen MR) is 127 cm³/mol. The number of ether oxygens (including phenoxy) is 1.